The van der Waals surface area contributed by atoms with Crippen molar-refractivity contribution in [3.8, 4) is 0 Å². The number of ether oxygens (including phenoxy) is 1. The maximum Gasteiger partial charge on any atom is 0.411 e. The van der Waals surface area contributed by atoms with Crippen LogP contribution in [0.4, 0.5) is 13.2 Å². The van der Waals surface area contributed by atoms with Crippen LogP contribution in [0.25, 0.3) is 0 Å². The van der Waals surface area contributed by atoms with E-state index in [1.54, 1.807) is 6.92 Å². The average molecular weight is 227 g/mol. The molecular weight excluding hydrogens is 211 g/mol. The number of nitrogens with zero attached hydrogens (tertiary/aromatic N) is 1. The van der Waals surface area contributed by atoms with Gasteiger partial charge in [-0.2, -0.15) is 13.2 Å². The Bertz CT molecular complexity index is 198. The van der Waals surface area contributed by atoms with Crippen LogP contribution in [0.15, 0.2) is 0 Å². The predicted molar refractivity (Wildman–Crippen MR) is 48.6 cm³/mol. The number of halogens is 3. The molecule has 1 fully saturated rings. The largest absolute Gasteiger partial charge is 0.411 e. The quantitative estimate of drug-likeness (QED) is 0.712. The van der Waals surface area contributed by atoms with Crippen LogP contribution in [0.1, 0.15) is 13.3 Å². The van der Waals surface area contributed by atoms with Gasteiger partial charge in [-0.1, -0.05) is 0 Å². The molecule has 0 radical (unpaired) electrons. The van der Waals surface area contributed by atoms with Crippen LogP contribution in [0, 0.1) is 0 Å². The van der Waals surface area contributed by atoms with Crippen LogP contribution in [0.2, 0.25) is 0 Å². The molecule has 1 heterocycles. The number of hydrogen-bond acceptors (Lipinski definition) is 3. The standard InChI is InChI=1S/C9H16F3NO2/c1-8(14)5-13(6-8)3-2-4-15-7-9(10,11)12/h14H,2-7H2,1H3. The van der Waals surface area contributed by atoms with Gasteiger partial charge in [0, 0.05) is 26.2 Å². The molecule has 0 bridgehead atoms. The Kier molecular flexibility index (Phi) is 3.97. The van der Waals surface area contributed by atoms with Gasteiger partial charge in [0.1, 0.15) is 6.61 Å². The Morgan fingerprint density at radius 2 is 2.00 bits per heavy atom. The summed E-state index contributed by atoms with van der Waals surface area (Å²) in [4.78, 5) is 1.98. The summed E-state index contributed by atoms with van der Waals surface area (Å²) >= 11 is 0. The minimum absolute atomic E-state index is 0.109. The molecule has 0 aromatic heterocycles. The van der Waals surface area contributed by atoms with Crippen LogP contribution >= 0.6 is 0 Å². The Morgan fingerprint density at radius 3 is 2.47 bits per heavy atom. The SMILES string of the molecule is CC1(O)CN(CCCOCC(F)(F)F)C1. The van der Waals surface area contributed by atoms with Crippen LogP contribution < -0.4 is 0 Å². The van der Waals surface area contributed by atoms with Gasteiger partial charge in [0.05, 0.1) is 5.60 Å². The van der Waals surface area contributed by atoms with E-state index >= 15 is 0 Å². The van der Waals surface area contributed by atoms with Gasteiger partial charge < -0.3 is 9.84 Å². The lowest BCUT2D eigenvalue weighted by molar-refractivity contribution is -0.174. The fraction of sp³-hybridized carbons (Fsp3) is 1.00. The summed E-state index contributed by atoms with van der Waals surface area (Å²) in [6.07, 6.45) is -3.67. The van der Waals surface area contributed by atoms with E-state index in [1.807, 2.05) is 4.90 Å². The number of β-amino-alcohol motifs (C(OH)–C–C–N with tert-alkyl or cyclic N) is 1. The molecule has 0 aliphatic carbocycles. The molecule has 0 aromatic rings. The lowest BCUT2D eigenvalue weighted by Crippen LogP contribution is -2.59. The third-order valence-electron chi connectivity index (χ3n) is 2.16. The van der Waals surface area contributed by atoms with Crippen molar-refractivity contribution in [1.82, 2.24) is 4.90 Å². The molecule has 0 atom stereocenters. The topological polar surface area (TPSA) is 32.7 Å². The van der Waals surface area contributed by atoms with Crippen molar-refractivity contribution in [1.29, 1.82) is 0 Å². The average Bonchev–Trinajstić information content (AvgIpc) is 1.97. The second-order valence-electron chi connectivity index (χ2n) is 4.23. The fourth-order valence-corrected chi connectivity index (χ4v) is 1.65. The molecule has 0 amide bonds. The maximum atomic E-state index is 11.7. The molecule has 1 saturated heterocycles. The van der Waals surface area contributed by atoms with E-state index in [-0.39, 0.29) is 6.61 Å². The lowest BCUT2D eigenvalue weighted by atomic mass is 9.97. The second kappa shape index (κ2) is 4.67. The molecule has 90 valence electrons. The van der Waals surface area contributed by atoms with Crippen molar-refractivity contribution >= 4 is 0 Å². The fourth-order valence-electron chi connectivity index (χ4n) is 1.65. The first-order valence-corrected chi connectivity index (χ1v) is 4.88. The molecular formula is C9H16F3NO2. The number of rotatable bonds is 5. The van der Waals surface area contributed by atoms with Gasteiger partial charge in [-0.25, -0.2) is 0 Å². The van der Waals surface area contributed by atoms with E-state index in [0.717, 1.165) is 0 Å². The molecule has 15 heavy (non-hydrogen) atoms. The van der Waals surface area contributed by atoms with E-state index in [2.05, 4.69) is 4.74 Å². The zero-order valence-electron chi connectivity index (χ0n) is 8.68. The van der Waals surface area contributed by atoms with Crippen molar-refractivity contribution in [2.24, 2.45) is 0 Å². The summed E-state index contributed by atoms with van der Waals surface area (Å²) in [5.74, 6) is 0. The first-order valence-electron chi connectivity index (χ1n) is 4.88. The molecule has 0 spiro atoms. The van der Waals surface area contributed by atoms with E-state index < -0.39 is 18.4 Å². The minimum atomic E-state index is -4.24. The third kappa shape index (κ3) is 5.34. The number of alkyl halides is 3. The van der Waals surface area contributed by atoms with Crippen molar-refractivity contribution in [3.63, 3.8) is 0 Å². The molecule has 0 aromatic carbocycles. The molecule has 6 heteroatoms. The second-order valence-corrected chi connectivity index (χ2v) is 4.23. The summed E-state index contributed by atoms with van der Waals surface area (Å²) in [6, 6.07) is 0. The van der Waals surface area contributed by atoms with Gasteiger partial charge in [0.15, 0.2) is 0 Å². The normalized spacial score (nSPS) is 21.4. The lowest BCUT2D eigenvalue weighted by Gasteiger charge is -2.44. The smallest absolute Gasteiger partial charge is 0.388 e. The minimum Gasteiger partial charge on any atom is -0.388 e. The highest BCUT2D eigenvalue weighted by Crippen LogP contribution is 2.19. The van der Waals surface area contributed by atoms with E-state index in [9.17, 15) is 18.3 Å². The Morgan fingerprint density at radius 1 is 1.40 bits per heavy atom. The third-order valence-corrected chi connectivity index (χ3v) is 2.16. The van der Waals surface area contributed by atoms with Crippen LogP contribution in [0.3, 0.4) is 0 Å². The van der Waals surface area contributed by atoms with Gasteiger partial charge in [-0.15, -0.1) is 0 Å². The molecule has 3 nitrogen and oxygen atoms in total. The summed E-state index contributed by atoms with van der Waals surface area (Å²) in [7, 11) is 0. The molecule has 0 saturated carbocycles. The monoisotopic (exact) mass is 227 g/mol. The van der Waals surface area contributed by atoms with Crippen LogP contribution in [0.5, 0.6) is 0 Å². The number of aliphatic hydroxyl groups is 1. The summed E-state index contributed by atoms with van der Waals surface area (Å²) in [6.45, 7) is 2.53. The molecule has 1 aliphatic heterocycles. The van der Waals surface area contributed by atoms with E-state index in [1.165, 1.54) is 0 Å². The van der Waals surface area contributed by atoms with Crippen LogP contribution in [-0.2, 0) is 4.74 Å². The zero-order valence-corrected chi connectivity index (χ0v) is 8.68. The summed E-state index contributed by atoms with van der Waals surface area (Å²) in [5.41, 5.74) is -0.618. The first-order chi connectivity index (χ1) is 6.79. The Hall–Kier alpha value is -0.330. The van der Waals surface area contributed by atoms with Crippen molar-refractivity contribution < 1.29 is 23.0 Å². The summed E-state index contributed by atoms with van der Waals surface area (Å²) in [5, 5.41) is 9.37. The maximum absolute atomic E-state index is 11.7. The predicted octanol–water partition coefficient (Wildman–Crippen LogP) is 1.02. The summed E-state index contributed by atoms with van der Waals surface area (Å²) < 4.78 is 39.4. The van der Waals surface area contributed by atoms with E-state index in [0.29, 0.717) is 26.1 Å². The van der Waals surface area contributed by atoms with Gasteiger partial charge in [0.25, 0.3) is 0 Å². The highest BCUT2D eigenvalue weighted by Gasteiger charge is 2.35. The molecule has 1 aliphatic rings. The van der Waals surface area contributed by atoms with Gasteiger partial charge in [-0.3, -0.25) is 4.90 Å². The van der Waals surface area contributed by atoms with Crippen molar-refractivity contribution in [2.45, 2.75) is 25.1 Å². The Labute approximate surface area is 86.8 Å². The Balaban J connectivity index is 1.91. The van der Waals surface area contributed by atoms with Gasteiger partial charge in [-0.05, 0) is 13.3 Å². The van der Waals surface area contributed by atoms with E-state index in [4.69, 9.17) is 0 Å². The highest BCUT2D eigenvalue weighted by molar-refractivity contribution is 4.90. The van der Waals surface area contributed by atoms with Crippen molar-refractivity contribution in [3.05, 3.63) is 0 Å². The molecule has 0 unspecified atom stereocenters. The van der Waals surface area contributed by atoms with Gasteiger partial charge in [0.2, 0.25) is 0 Å². The zero-order chi connectivity index (χ0) is 11.5. The highest BCUT2D eigenvalue weighted by atomic mass is 19.4. The number of hydrogen-bond donors (Lipinski definition) is 1. The van der Waals surface area contributed by atoms with Gasteiger partial charge >= 0.3 is 6.18 Å². The first kappa shape index (κ1) is 12.7. The van der Waals surface area contributed by atoms with Crippen LogP contribution in [-0.4, -0.2) is 54.6 Å². The molecule has 1 rings (SSSR count). The molecule has 1 N–H and O–H groups in total. The number of likely N-dealkylation sites (tertiary alicyclic amines) is 1. The van der Waals surface area contributed by atoms with Crippen molar-refractivity contribution in [2.75, 3.05) is 32.8 Å².